The smallest absolute Gasteiger partial charge is 0.288 e. The minimum Gasteiger partial charge on any atom is -0.288 e. The number of nitrogen functional groups attached to an aromatic ring is 1. The maximum Gasteiger partial charge on any atom is 0.345 e. The number of aromatic amines is 2. The van der Waals surface area contributed by atoms with Crippen LogP contribution in [0.5, 0.6) is 0 Å². The van der Waals surface area contributed by atoms with Crippen molar-refractivity contribution in [3.63, 3.8) is 0 Å². The second kappa shape index (κ2) is 2.98. The summed E-state index contributed by atoms with van der Waals surface area (Å²) >= 11 is 4.90. The van der Waals surface area contributed by atoms with Crippen LogP contribution >= 0.6 is 12.2 Å². The molecule has 0 spiro atoms. The second-order valence-electron chi connectivity index (χ2n) is 2.52. The van der Waals surface area contributed by atoms with Gasteiger partial charge < -0.3 is 0 Å². The van der Waals surface area contributed by atoms with Gasteiger partial charge in [0.15, 0.2) is 0 Å². The maximum atomic E-state index is 5.66. The van der Waals surface area contributed by atoms with E-state index in [1.54, 1.807) is 12.4 Å². The molecule has 5 nitrogen and oxygen atoms in total. The van der Waals surface area contributed by atoms with Gasteiger partial charge in [0.25, 0.3) is 5.82 Å². The van der Waals surface area contributed by atoms with Crippen LogP contribution in [-0.2, 0) is 0 Å². The van der Waals surface area contributed by atoms with Crippen molar-refractivity contribution in [2.45, 2.75) is 0 Å². The summed E-state index contributed by atoms with van der Waals surface area (Å²) in [6.45, 7) is 0. The molecule has 0 aliphatic heterocycles. The second-order valence-corrected chi connectivity index (χ2v) is 2.90. The van der Waals surface area contributed by atoms with E-state index in [0.29, 0.717) is 10.6 Å². The first-order chi connectivity index (χ1) is 6.29. The molecule has 6 heteroatoms. The van der Waals surface area contributed by atoms with Crippen molar-refractivity contribution in [2.75, 3.05) is 5.84 Å². The van der Waals surface area contributed by atoms with Gasteiger partial charge in [-0.15, -0.1) is 9.77 Å². The minimum atomic E-state index is 0.443. The van der Waals surface area contributed by atoms with E-state index in [1.807, 2.05) is 12.1 Å². The lowest BCUT2D eigenvalue weighted by Gasteiger charge is -1.92. The summed E-state index contributed by atoms with van der Waals surface area (Å²) in [7, 11) is 0. The molecule has 0 saturated carbocycles. The van der Waals surface area contributed by atoms with Gasteiger partial charge in [0.05, 0.1) is 5.56 Å². The van der Waals surface area contributed by atoms with Crippen LogP contribution < -0.4 is 10.5 Å². The highest BCUT2D eigenvalue weighted by atomic mass is 32.1. The number of aromatic nitrogens is 4. The lowest BCUT2D eigenvalue weighted by atomic mass is 10.3. The van der Waals surface area contributed by atoms with Crippen LogP contribution in [0.3, 0.4) is 0 Å². The van der Waals surface area contributed by atoms with Crippen molar-refractivity contribution in [2.24, 2.45) is 0 Å². The fraction of sp³-hybridized carbons (Fsp3) is 0. The molecule has 2 aromatic heterocycles. The molecule has 0 atom stereocenters. The molecule has 0 aliphatic rings. The fourth-order valence-electron chi connectivity index (χ4n) is 1.05. The zero-order chi connectivity index (χ0) is 9.26. The van der Waals surface area contributed by atoms with Crippen LogP contribution in [0, 0.1) is 4.77 Å². The average molecular weight is 194 g/mol. The van der Waals surface area contributed by atoms with Gasteiger partial charge in [-0.05, 0) is 12.1 Å². The van der Waals surface area contributed by atoms with Crippen molar-refractivity contribution in [1.29, 1.82) is 0 Å². The summed E-state index contributed by atoms with van der Waals surface area (Å²) < 4.78 is 1.81. The third-order valence-corrected chi connectivity index (χ3v) is 1.98. The molecular formula is C7H8N5S+. The van der Waals surface area contributed by atoms with Crippen molar-refractivity contribution in [3.05, 3.63) is 29.3 Å². The van der Waals surface area contributed by atoms with Gasteiger partial charge in [0, 0.05) is 24.6 Å². The molecule has 13 heavy (non-hydrogen) atoms. The molecule has 2 aromatic rings. The molecule has 0 radical (unpaired) electrons. The van der Waals surface area contributed by atoms with Crippen LogP contribution in [-0.4, -0.2) is 15.2 Å². The van der Waals surface area contributed by atoms with Gasteiger partial charge in [-0.25, -0.2) is 0 Å². The normalized spacial score (nSPS) is 10.2. The maximum absolute atomic E-state index is 5.66. The predicted molar refractivity (Wildman–Crippen MR) is 49.6 cm³/mol. The predicted octanol–water partition coefficient (Wildman–Crippen LogP) is 0.136. The van der Waals surface area contributed by atoms with Crippen LogP contribution in [0.4, 0.5) is 0 Å². The number of rotatable bonds is 1. The Bertz CT molecular complexity index is 457. The number of H-pyrrole nitrogens is 2. The Morgan fingerprint density at radius 2 is 2.31 bits per heavy atom. The van der Waals surface area contributed by atoms with Gasteiger partial charge >= 0.3 is 4.77 Å². The molecule has 2 heterocycles. The van der Waals surface area contributed by atoms with Gasteiger partial charge in [-0.3, -0.25) is 10.8 Å². The van der Waals surface area contributed by atoms with Crippen LogP contribution in [0.2, 0.25) is 0 Å². The van der Waals surface area contributed by atoms with Crippen molar-refractivity contribution < 1.29 is 4.68 Å². The Balaban J connectivity index is 2.60. The summed E-state index contributed by atoms with van der Waals surface area (Å²) in [5, 5.41) is 5.59. The van der Waals surface area contributed by atoms with Crippen LogP contribution in [0.15, 0.2) is 24.5 Å². The molecule has 66 valence electrons. The van der Waals surface area contributed by atoms with E-state index >= 15 is 0 Å². The molecule has 0 fully saturated rings. The highest BCUT2D eigenvalue weighted by Gasteiger charge is 2.11. The van der Waals surface area contributed by atoms with Gasteiger partial charge in [-0.2, -0.15) is 5.10 Å². The number of nitrogens with two attached hydrogens (primary N) is 1. The monoisotopic (exact) mass is 194 g/mol. The van der Waals surface area contributed by atoms with Crippen LogP contribution in [0.25, 0.3) is 11.4 Å². The summed E-state index contributed by atoms with van der Waals surface area (Å²) in [5.74, 6) is 6.36. The topological polar surface area (TPSA) is 74.4 Å². The van der Waals surface area contributed by atoms with E-state index in [9.17, 15) is 0 Å². The molecule has 0 saturated heterocycles. The number of hydrogen-bond donors (Lipinski definition) is 3. The fourth-order valence-corrected chi connectivity index (χ4v) is 1.19. The molecule has 0 unspecified atom stereocenters. The highest BCUT2D eigenvalue weighted by Crippen LogP contribution is 2.08. The summed E-state index contributed by atoms with van der Waals surface area (Å²) in [6, 6.07) is 3.73. The van der Waals surface area contributed by atoms with Crippen molar-refractivity contribution in [3.8, 4) is 11.4 Å². The summed E-state index contributed by atoms with van der Waals surface area (Å²) in [4.78, 5) is 3.97. The van der Waals surface area contributed by atoms with Gasteiger partial charge in [-0.1, -0.05) is 0 Å². The number of nitrogens with zero attached hydrogens (tertiary/aromatic N) is 2. The highest BCUT2D eigenvalue weighted by molar-refractivity contribution is 7.71. The first-order valence-electron chi connectivity index (χ1n) is 3.67. The zero-order valence-corrected chi connectivity index (χ0v) is 7.51. The third kappa shape index (κ3) is 1.31. The van der Waals surface area contributed by atoms with E-state index in [4.69, 9.17) is 18.1 Å². The van der Waals surface area contributed by atoms with E-state index in [-0.39, 0.29) is 0 Å². The largest absolute Gasteiger partial charge is 0.345 e. The SMILES string of the molecule is N[n+]1c(-c2cccnc2)[nH][nH]c1=S. The van der Waals surface area contributed by atoms with Crippen LogP contribution in [0.1, 0.15) is 0 Å². The number of hydrogen-bond acceptors (Lipinski definition) is 3. The first kappa shape index (κ1) is 7.93. The molecule has 0 amide bonds. The Labute approximate surface area is 79.2 Å². The van der Waals surface area contributed by atoms with E-state index in [1.165, 1.54) is 4.68 Å². The Morgan fingerprint density at radius 1 is 1.46 bits per heavy atom. The number of pyridine rings is 1. The quantitative estimate of drug-likeness (QED) is 0.343. The van der Waals surface area contributed by atoms with Crippen molar-refractivity contribution in [1.82, 2.24) is 15.2 Å². The van der Waals surface area contributed by atoms with E-state index in [2.05, 4.69) is 15.2 Å². The van der Waals surface area contributed by atoms with Gasteiger partial charge in [0.2, 0.25) is 0 Å². The number of nitrogens with one attached hydrogen (secondary N) is 2. The third-order valence-electron chi connectivity index (χ3n) is 1.68. The summed E-state index contributed by atoms with van der Waals surface area (Å²) in [6.07, 6.45) is 3.41. The van der Waals surface area contributed by atoms with Crippen molar-refractivity contribution >= 4 is 12.2 Å². The van der Waals surface area contributed by atoms with Gasteiger partial charge in [0.1, 0.15) is 0 Å². The van der Waals surface area contributed by atoms with E-state index in [0.717, 1.165) is 5.56 Å². The first-order valence-corrected chi connectivity index (χ1v) is 4.08. The summed E-state index contributed by atoms with van der Waals surface area (Å²) in [5.41, 5.74) is 0.886. The standard InChI is InChI=1S/C7H7N5S/c8-12-6(10-11-7(12)13)5-2-1-3-9-4-5/h1-4H,8H2,(H,11,13)/p+1. The molecule has 0 aliphatic carbocycles. The lowest BCUT2D eigenvalue weighted by molar-refractivity contribution is -0.634. The molecular weight excluding hydrogens is 186 g/mol. The molecule has 2 rings (SSSR count). The molecule has 4 N–H and O–H groups in total. The Kier molecular flexibility index (Phi) is 1.82. The Hall–Kier alpha value is -1.69. The lowest BCUT2D eigenvalue weighted by Crippen LogP contribution is -2.46. The molecule has 0 bridgehead atoms. The van der Waals surface area contributed by atoms with E-state index < -0.39 is 0 Å². The Morgan fingerprint density at radius 3 is 2.85 bits per heavy atom. The average Bonchev–Trinajstić information content (AvgIpc) is 2.49. The molecule has 0 aromatic carbocycles. The minimum absolute atomic E-state index is 0.443. The zero-order valence-electron chi connectivity index (χ0n) is 6.69.